The van der Waals surface area contributed by atoms with Crippen LogP contribution in [-0.4, -0.2) is 34.1 Å². The minimum atomic E-state index is -1.23. The van der Waals surface area contributed by atoms with Gasteiger partial charge in [-0.2, -0.15) is 0 Å². The molecule has 7 nitrogen and oxygen atoms in total. The van der Waals surface area contributed by atoms with E-state index >= 15 is 0 Å². The van der Waals surface area contributed by atoms with Gasteiger partial charge in [-0.25, -0.2) is 9.59 Å². The lowest BCUT2D eigenvalue weighted by Gasteiger charge is -2.24. The van der Waals surface area contributed by atoms with E-state index in [0.717, 1.165) is 19.3 Å². The lowest BCUT2D eigenvalue weighted by Crippen LogP contribution is -2.25. The second kappa shape index (κ2) is 7.25. The van der Waals surface area contributed by atoms with Crippen molar-refractivity contribution >= 4 is 23.9 Å². The Balaban J connectivity index is 0.000000174. The van der Waals surface area contributed by atoms with Crippen LogP contribution in [0.25, 0.3) is 0 Å². The third-order valence-electron chi connectivity index (χ3n) is 4.31. The molecule has 2 fully saturated rings. The van der Waals surface area contributed by atoms with Crippen molar-refractivity contribution in [3.8, 4) is 0 Å². The van der Waals surface area contributed by atoms with E-state index in [9.17, 15) is 19.2 Å². The average Bonchev–Trinajstić information content (AvgIpc) is 2.82. The highest BCUT2D eigenvalue weighted by molar-refractivity contribution is 6.01. The molecule has 2 aliphatic rings. The van der Waals surface area contributed by atoms with Crippen LogP contribution in [0.15, 0.2) is 24.3 Å². The molecule has 0 spiro atoms. The molecule has 1 aliphatic carbocycles. The zero-order chi connectivity index (χ0) is 17.9. The van der Waals surface area contributed by atoms with E-state index in [1.54, 1.807) is 0 Å². The molecule has 1 aromatic carbocycles. The third-order valence-corrected chi connectivity index (χ3v) is 4.31. The number of carboxylic acids is 2. The Kier molecular flexibility index (Phi) is 5.33. The van der Waals surface area contributed by atoms with Crippen molar-refractivity contribution in [1.29, 1.82) is 0 Å². The monoisotopic (exact) mass is 334 g/mol. The molecule has 3 unspecified atom stereocenters. The fraction of sp³-hybridized carbons (Fsp3) is 0.412. The number of rotatable bonds is 2. The molecule has 1 saturated carbocycles. The summed E-state index contributed by atoms with van der Waals surface area (Å²) < 4.78 is 4.58. The molecular formula is C17H18O7. The van der Waals surface area contributed by atoms with Crippen LogP contribution in [0.2, 0.25) is 0 Å². The van der Waals surface area contributed by atoms with Crippen LogP contribution in [0, 0.1) is 17.8 Å². The van der Waals surface area contributed by atoms with Gasteiger partial charge in [0.2, 0.25) is 0 Å². The molecule has 128 valence electrons. The van der Waals surface area contributed by atoms with Gasteiger partial charge in [0.05, 0.1) is 23.0 Å². The minimum Gasteiger partial charge on any atom is -0.478 e. The number of carboxylic acid groups (broad SMARTS) is 2. The van der Waals surface area contributed by atoms with Crippen LogP contribution in [-0.2, 0) is 14.3 Å². The summed E-state index contributed by atoms with van der Waals surface area (Å²) in [6.07, 6.45) is 2.70. The van der Waals surface area contributed by atoms with Gasteiger partial charge in [0.15, 0.2) is 0 Å². The standard InChI is InChI=1S/C9H12O3.C8H6O4/c1-5-2-3-6-7(4-5)9(11)12-8(6)10;9-7(10)5-3-1-2-4-6(5)8(11)12/h5-7H,2-4H2,1H3;1-4H,(H,9,10)(H,11,12). The van der Waals surface area contributed by atoms with Gasteiger partial charge >= 0.3 is 23.9 Å². The molecule has 1 heterocycles. The molecule has 0 amide bonds. The lowest BCUT2D eigenvalue weighted by molar-refractivity contribution is -0.153. The Morgan fingerprint density at radius 2 is 1.46 bits per heavy atom. The van der Waals surface area contributed by atoms with Crippen molar-refractivity contribution in [3.05, 3.63) is 35.4 Å². The summed E-state index contributed by atoms with van der Waals surface area (Å²) >= 11 is 0. The number of hydrogen-bond donors (Lipinski definition) is 2. The van der Waals surface area contributed by atoms with Crippen molar-refractivity contribution in [2.24, 2.45) is 17.8 Å². The van der Waals surface area contributed by atoms with E-state index < -0.39 is 11.9 Å². The molecule has 24 heavy (non-hydrogen) atoms. The van der Waals surface area contributed by atoms with E-state index in [1.165, 1.54) is 24.3 Å². The van der Waals surface area contributed by atoms with Crippen LogP contribution < -0.4 is 0 Å². The summed E-state index contributed by atoms with van der Waals surface area (Å²) in [5, 5.41) is 17.1. The van der Waals surface area contributed by atoms with Crippen molar-refractivity contribution in [1.82, 2.24) is 0 Å². The van der Waals surface area contributed by atoms with Crippen LogP contribution >= 0.6 is 0 Å². The van der Waals surface area contributed by atoms with Gasteiger partial charge in [-0.3, -0.25) is 9.59 Å². The quantitative estimate of drug-likeness (QED) is 0.628. The molecule has 7 heteroatoms. The molecule has 0 aromatic heterocycles. The maximum absolute atomic E-state index is 11.1. The molecule has 1 aliphatic heterocycles. The average molecular weight is 334 g/mol. The van der Waals surface area contributed by atoms with E-state index in [0.29, 0.717) is 5.92 Å². The second-order valence-electron chi connectivity index (χ2n) is 6.03. The third kappa shape index (κ3) is 3.79. The zero-order valence-electron chi connectivity index (χ0n) is 13.1. The van der Waals surface area contributed by atoms with Crippen molar-refractivity contribution in [2.45, 2.75) is 26.2 Å². The van der Waals surface area contributed by atoms with Gasteiger partial charge < -0.3 is 14.9 Å². The highest BCUT2D eigenvalue weighted by atomic mass is 16.6. The molecule has 0 radical (unpaired) electrons. The van der Waals surface area contributed by atoms with Crippen LogP contribution in [0.4, 0.5) is 0 Å². The predicted molar refractivity (Wildman–Crippen MR) is 81.5 cm³/mol. The molecule has 3 atom stereocenters. The summed E-state index contributed by atoms with van der Waals surface area (Å²) in [5.74, 6) is -2.73. The highest BCUT2D eigenvalue weighted by Crippen LogP contribution is 2.38. The van der Waals surface area contributed by atoms with Gasteiger partial charge in [-0.15, -0.1) is 0 Å². The Labute approximate surface area is 138 Å². The number of hydrogen-bond acceptors (Lipinski definition) is 5. The molecule has 0 bridgehead atoms. The van der Waals surface area contributed by atoms with Crippen LogP contribution in [0.3, 0.4) is 0 Å². The summed E-state index contributed by atoms with van der Waals surface area (Å²) in [6, 6.07) is 5.48. The van der Waals surface area contributed by atoms with Crippen molar-refractivity contribution in [2.75, 3.05) is 0 Å². The van der Waals surface area contributed by atoms with Gasteiger partial charge in [0, 0.05) is 0 Å². The van der Waals surface area contributed by atoms with E-state index in [4.69, 9.17) is 10.2 Å². The van der Waals surface area contributed by atoms with Gasteiger partial charge in [0.1, 0.15) is 0 Å². The number of carbonyl (C=O) groups is 4. The Morgan fingerprint density at radius 1 is 0.958 bits per heavy atom. The highest BCUT2D eigenvalue weighted by Gasteiger charge is 2.46. The maximum Gasteiger partial charge on any atom is 0.336 e. The first-order valence-electron chi connectivity index (χ1n) is 7.62. The first-order chi connectivity index (χ1) is 11.3. The fourth-order valence-electron chi connectivity index (χ4n) is 3.03. The molecule has 2 N–H and O–H groups in total. The van der Waals surface area contributed by atoms with E-state index in [-0.39, 0.29) is 34.9 Å². The number of fused-ring (bicyclic) bond motifs is 1. The smallest absolute Gasteiger partial charge is 0.336 e. The van der Waals surface area contributed by atoms with Gasteiger partial charge in [-0.1, -0.05) is 19.1 Å². The number of cyclic esters (lactones) is 2. The number of aromatic carboxylic acids is 2. The van der Waals surface area contributed by atoms with Gasteiger partial charge in [-0.05, 0) is 37.3 Å². The minimum absolute atomic E-state index is 0.117. The van der Waals surface area contributed by atoms with Crippen LogP contribution in [0.1, 0.15) is 46.9 Å². The van der Waals surface area contributed by atoms with Crippen molar-refractivity contribution < 1.29 is 34.1 Å². The van der Waals surface area contributed by atoms with Gasteiger partial charge in [0.25, 0.3) is 0 Å². The first kappa shape index (κ1) is 17.7. The Bertz CT molecular complexity index is 646. The summed E-state index contributed by atoms with van der Waals surface area (Å²) in [6.45, 7) is 2.12. The predicted octanol–water partition coefficient (Wildman–Crippen LogP) is 2.21. The van der Waals surface area contributed by atoms with E-state index in [1.807, 2.05) is 0 Å². The number of carbonyl (C=O) groups excluding carboxylic acids is 2. The first-order valence-corrected chi connectivity index (χ1v) is 7.62. The molecule has 3 rings (SSSR count). The van der Waals surface area contributed by atoms with E-state index in [2.05, 4.69) is 11.7 Å². The zero-order valence-corrected chi connectivity index (χ0v) is 13.1. The summed E-state index contributed by atoms with van der Waals surface area (Å²) in [5.41, 5.74) is -0.380. The lowest BCUT2D eigenvalue weighted by atomic mass is 9.76. The largest absolute Gasteiger partial charge is 0.478 e. The molecular weight excluding hydrogens is 316 g/mol. The summed E-state index contributed by atoms with van der Waals surface area (Å²) in [4.78, 5) is 43.1. The Morgan fingerprint density at radius 3 is 1.96 bits per heavy atom. The molecule has 1 saturated heterocycles. The second-order valence-corrected chi connectivity index (χ2v) is 6.03. The number of ether oxygens (including phenoxy) is 1. The summed E-state index contributed by atoms with van der Waals surface area (Å²) in [7, 11) is 0. The SMILES string of the molecule is CC1CCC2C(=O)OC(=O)C2C1.O=C(O)c1ccccc1C(=O)O. The fourth-order valence-corrected chi connectivity index (χ4v) is 3.03. The van der Waals surface area contributed by atoms with Crippen molar-refractivity contribution in [3.63, 3.8) is 0 Å². The maximum atomic E-state index is 11.1. The topological polar surface area (TPSA) is 118 Å². The Hall–Kier alpha value is -2.70. The van der Waals surface area contributed by atoms with Crippen LogP contribution in [0.5, 0.6) is 0 Å². The molecule has 1 aromatic rings. The normalized spacial score (nSPS) is 25.1. The number of esters is 2. The number of benzene rings is 1.